The summed E-state index contributed by atoms with van der Waals surface area (Å²) in [5, 5.41) is 3.77. The number of anilines is 1. The summed E-state index contributed by atoms with van der Waals surface area (Å²) >= 11 is 5.98. The molecular weight excluding hydrogens is 304 g/mol. The van der Waals surface area contributed by atoms with Crippen molar-refractivity contribution in [1.82, 2.24) is 5.32 Å². The zero-order valence-corrected chi connectivity index (χ0v) is 14.8. The van der Waals surface area contributed by atoms with Crippen molar-refractivity contribution in [2.45, 2.75) is 19.9 Å². The number of methoxy groups -OCH3 is 2. The zero-order chi connectivity index (χ0) is 17.0. The number of hydrogen-bond acceptors (Lipinski definition) is 5. The molecule has 6 heteroatoms. The summed E-state index contributed by atoms with van der Waals surface area (Å²) in [6.45, 7) is 6.35. The van der Waals surface area contributed by atoms with E-state index in [9.17, 15) is 4.79 Å². The molecule has 0 bridgehead atoms. The SMILES string of the molecule is CC.COC.COc1cc(N2CCNCC2C=O)ccc1Cl. The Bertz CT molecular complexity index is 430. The van der Waals surface area contributed by atoms with Gasteiger partial charge in [0.25, 0.3) is 0 Å². The smallest absolute Gasteiger partial charge is 0.143 e. The van der Waals surface area contributed by atoms with Gasteiger partial charge in [-0.15, -0.1) is 0 Å². The Labute approximate surface area is 138 Å². The van der Waals surface area contributed by atoms with E-state index in [1.165, 1.54) is 0 Å². The largest absolute Gasteiger partial charge is 0.495 e. The minimum Gasteiger partial charge on any atom is -0.495 e. The van der Waals surface area contributed by atoms with Gasteiger partial charge in [-0.25, -0.2) is 0 Å². The zero-order valence-electron chi connectivity index (χ0n) is 14.1. The molecule has 1 unspecified atom stereocenters. The third-order valence-corrected chi connectivity index (χ3v) is 3.22. The lowest BCUT2D eigenvalue weighted by atomic mass is 10.1. The fourth-order valence-electron chi connectivity index (χ4n) is 1.99. The fourth-order valence-corrected chi connectivity index (χ4v) is 2.19. The molecule has 5 nitrogen and oxygen atoms in total. The van der Waals surface area contributed by atoms with E-state index >= 15 is 0 Å². The van der Waals surface area contributed by atoms with Gasteiger partial charge >= 0.3 is 0 Å². The fraction of sp³-hybridized carbons (Fsp3) is 0.562. The minimum atomic E-state index is -0.130. The van der Waals surface area contributed by atoms with Gasteiger partial charge in [-0.2, -0.15) is 0 Å². The Hall–Kier alpha value is -1.30. The van der Waals surface area contributed by atoms with Crippen molar-refractivity contribution in [2.24, 2.45) is 0 Å². The summed E-state index contributed by atoms with van der Waals surface area (Å²) in [4.78, 5) is 13.1. The van der Waals surface area contributed by atoms with E-state index in [2.05, 4.69) is 15.0 Å². The summed E-state index contributed by atoms with van der Waals surface area (Å²) in [5.74, 6) is 0.632. The van der Waals surface area contributed by atoms with Gasteiger partial charge in [0.15, 0.2) is 0 Å². The maximum atomic E-state index is 11.0. The van der Waals surface area contributed by atoms with Gasteiger partial charge in [-0.3, -0.25) is 0 Å². The van der Waals surface area contributed by atoms with Crippen LogP contribution in [0.3, 0.4) is 0 Å². The molecule has 1 aliphatic heterocycles. The summed E-state index contributed by atoms with van der Waals surface area (Å²) < 4.78 is 9.43. The molecule has 0 saturated carbocycles. The number of hydrogen-bond donors (Lipinski definition) is 1. The lowest BCUT2D eigenvalue weighted by molar-refractivity contribution is -0.109. The van der Waals surface area contributed by atoms with Crippen molar-refractivity contribution < 1.29 is 14.3 Å². The summed E-state index contributed by atoms with van der Waals surface area (Å²) in [6.07, 6.45) is 0.966. The van der Waals surface area contributed by atoms with Crippen molar-refractivity contribution in [3.63, 3.8) is 0 Å². The summed E-state index contributed by atoms with van der Waals surface area (Å²) in [7, 11) is 4.83. The van der Waals surface area contributed by atoms with Crippen molar-refractivity contribution >= 4 is 23.6 Å². The highest BCUT2D eigenvalue weighted by molar-refractivity contribution is 6.32. The Balaban J connectivity index is 0.000000789. The highest BCUT2D eigenvalue weighted by atomic mass is 35.5. The first kappa shape index (κ1) is 20.7. The molecule has 126 valence electrons. The Morgan fingerprint density at radius 2 is 1.95 bits per heavy atom. The van der Waals surface area contributed by atoms with E-state index in [1.54, 1.807) is 27.4 Å². The first-order valence-corrected chi connectivity index (χ1v) is 7.72. The van der Waals surface area contributed by atoms with Gasteiger partial charge < -0.3 is 24.5 Å². The second kappa shape index (κ2) is 12.3. The van der Waals surface area contributed by atoms with E-state index in [0.29, 0.717) is 17.3 Å². The Morgan fingerprint density at radius 3 is 2.50 bits per heavy atom. The van der Waals surface area contributed by atoms with E-state index in [0.717, 1.165) is 25.1 Å². The summed E-state index contributed by atoms with van der Waals surface area (Å²) in [6, 6.07) is 5.44. The number of ether oxygens (including phenoxy) is 2. The third kappa shape index (κ3) is 6.22. The first-order chi connectivity index (χ1) is 10.7. The molecule has 22 heavy (non-hydrogen) atoms. The number of carbonyl (C=O) groups is 1. The van der Waals surface area contributed by atoms with E-state index < -0.39 is 0 Å². The van der Waals surface area contributed by atoms with Gasteiger partial charge in [-0.1, -0.05) is 25.4 Å². The third-order valence-electron chi connectivity index (χ3n) is 2.91. The van der Waals surface area contributed by atoms with Gasteiger partial charge in [0.05, 0.1) is 18.2 Å². The second-order valence-corrected chi connectivity index (χ2v) is 4.74. The highest BCUT2D eigenvalue weighted by Gasteiger charge is 2.22. The minimum absolute atomic E-state index is 0.130. The average Bonchev–Trinajstić information content (AvgIpc) is 2.58. The number of nitrogens with zero attached hydrogens (tertiary/aromatic N) is 1. The number of aldehydes is 1. The van der Waals surface area contributed by atoms with E-state index in [-0.39, 0.29) is 6.04 Å². The lowest BCUT2D eigenvalue weighted by Gasteiger charge is -2.35. The predicted molar refractivity (Wildman–Crippen MR) is 92.4 cm³/mol. The number of halogens is 1. The average molecular weight is 331 g/mol. The molecule has 1 N–H and O–H groups in total. The normalized spacial score (nSPS) is 16.6. The van der Waals surface area contributed by atoms with Crippen LogP contribution in [0.4, 0.5) is 5.69 Å². The van der Waals surface area contributed by atoms with Gasteiger partial charge in [-0.05, 0) is 12.1 Å². The van der Waals surface area contributed by atoms with Crippen LogP contribution in [0.2, 0.25) is 5.02 Å². The Morgan fingerprint density at radius 1 is 1.32 bits per heavy atom. The summed E-state index contributed by atoms with van der Waals surface area (Å²) in [5.41, 5.74) is 0.963. The Kier molecular flexibility index (Phi) is 11.5. The van der Waals surface area contributed by atoms with Crippen LogP contribution in [0.25, 0.3) is 0 Å². The number of benzene rings is 1. The molecule has 0 aromatic heterocycles. The van der Waals surface area contributed by atoms with E-state index in [1.807, 2.05) is 26.0 Å². The molecule has 1 aliphatic rings. The van der Waals surface area contributed by atoms with Crippen LogP contribution < -0.4 is 15.0 Å². The molecule has 0 radical (unpaired) electrons. The topological polar surface area (TPSA) is 50.8 Å². The van der Waals surface area contributed by atoms with Crippen LogP contribution >= 0.6 is 11.6 Å². The van der Waals surface area contributed by atoms with Crippen molar-refractivity contribution in [3.8, 4) is 5.75 Å². The van der Waals surface area contributed by atoms with Gasteiger partial charge in [0.2, 0.25) is 0 Å². The number of carbonyl (C=O) groups excluding carboxylic acids is 1. The molecule has 1 fully saturated rings. The van der Waals surface area contributed by atoms with Crippen LogP contribution in [0.15, 0.2) is 18.2 Å². The molecule has 0 amide bonds. The maximum absolute atomic E-state index is 11.0. The first-order valence-electron chi connectivity index (χ1n) is 7.34. The van der Waals surface area contributed by atoms with Crippen molar-refractivity contribution in [2.75, 3.05) is 45.9 Å². The van der Waals surface area contributed by atoms with Gasteiger partial charge in [0, 0.05) is 45.6 Å². The molecule has 2 rings (SSSR count). The van der Waals surface area contributed by atoms with Crippen LogP contribution in [0, 0.1) is 0 Å². The highest BCUT2D eigenvalue weighted by Crippen LogP contribution is 2.30. The number of rotatable bonds is 3. The molecule has 0 aliphatic carbocycles. The second-order valence-electron chi connectivity index (χ2n) is 4.33. The van der Waals surface area contributed by atoms with Gasteiger partial charge in [0.1, 0.15) is 12.0 Å². The lowest BCUT2D eigenvalue weighted by Crippen LogP contribution is -2.52. The molecule has 1 heterocycles. The van der Waals surface area contributed by atoms with Crippen LogP contribution in [0.5, 0.6) is 5.75 Å². The van der Waals surface area contributed by atoms with Crippen molar-refractivity contribution in [1.29, 1.82) is 0 Å². The molecule has 0 spiro atoms. The van der Waals surface area contributed by atoms with Crippen LogP contribution in [-0.2, 0) is 9.53 Å². The maximum Gasteiger partial charge on any atom is 0.143 e. The van der Waals surface area contributed by atoms with Crippen molar-refractivity contribution in [3.05, 3.63) is 23.2 Å². The number of piperazine rings is 1. The van der Waals surface area contributed by atoms with Crippen LogP contribution in [-0.4, -0.2) is 53.3 Å². The van der Waals surface area contributed by atoms with E-state index in [4.69, 9.17) is 16.3 Å². The van der Waals surface area contributed by atoms with Crippen LogP contribution in [0.1, 0.15) is 13.8 Å². The predicted octanol–water partition coefficient (Wildman–Crippen LogP) is 2.61. The quantitative estimate of drug-likeness (QED) is 0.863. The molecule has 1 saturated heterocycles. The standard InChI is InChI=1S/C12H15ClN2O2.C2H6O.C2H6/c1-17-12-6-9(2-3-11(12)13)15-5-4-14-7-10(15)8-16;1-3-2;1-2/h2-3,6,8,10,14H,4-5,7H2,1H3;1-2H3;1-2H3. The molecular formula is C16H27ClN2O3. The molecule has 1 aromatic rings. The molecule has 1 aromatic carbocycles. The molecule has 1 atom stereocenters. The number of nitrogens with one attached hydrogen (secondary N) is 1. The monoisotopic (exact) mass is 330 g/mol.